The number of esters is 1. The molecule has 0 saturated carbocycles. The Morgan fingerprint density at radius 3 is 2.75 bits per heavy atom. The van der Waals surface area contributed by atoms with Crippen molar-refractivity contribution in [3.05, 3.63) is 0 Å². The first-order chi connectivity index (χ1) is 5.72. The third kappa shape index (κ3) is 5.09. The van der Waals surface area contributed by atoms with Crippen molar-refractivity contribution >= 4 is 5.97 Å². The molecule has 0 aromatic carbocycles. The van der Waals surface area contributed by atoms with Crippen LogP contribution < -0.4 is 5.73 Å². The Labute approximate surface area is 72.7 Å². The van der Waals surface area contributed by atoms with Gasteiger partial charge in [-0.3, -0.25) is 4.79 Å². The average molecular weight is 175 g/mol. The summed E-state index contributed by atoms with van der Waals surface area (Å²) in [6.07, 6.45) is 2.99. The predicted octanol–water partition coefficient (Wildman–Crippen LogP) is 0.0394. The fourth-order valence-corrected chi connectivity index (χ4v) is 0.706. The quantitative estimate of drug-likeness (QED) is 0.441. The van der Waals surface area contributed by atoms with Gasteiger partial charge in [0.25, 0.3) is 0 Å². The van der Waals surface area contributed by atoms with Gasteiger partial charge in [0.15, 0.2) is 0 Å². The third-order valence-corrected chi connectivity index (χ3v) is 1.49. The maximum absolute atomic E-state index is 10.8. The summed E-state index contributed by atoms with van der Waals surface area (Å²) >= 11 is 0. The van der Waals surface area contributed by atoms with Crippen molar-refractivity contribution in [3.8, 4) is 0 Å². The Morgan fingerprint density at radius 2 is 2.25 bits per heavy atom. The molecule has 0 unspecified atom stereocenters. The predicted molar refractivity (Wildman–Crippen MR) is 45.5 cm³/mol. The smallest absolute Gasteiger partial charge is 0.325 e. The zero-order chi connectivity index (χ0) is 9.40. The summed E-state index contributed by atoms with van der Waals surface area (Å²) in [5, 5.41) is 8.48. The van der Waals surface area contributed by atoms with Crippen LogP contribution >= 0.6 is 0 Å². The molecule has 0 aliphatic rings. The molecule has 72 valence electrons. The fraction of sp³-hybridized carbons (Fsp3) is 0.875. The van der Waals surface area contributed by atoms with Gasteiger partial charge < -0.3 is 15.6 Å². The standard InChI is InChI=1S/C8H17NO3/c1-2-3-4-5-12-8(11)7(9)6-10/h7,10H,2-6,9H2,1H3/t7-/m0/s1. The van der Waals surface area contributed by atoms with Gasteiger partial charge in [-0.25, -0.2) is 0 Å². The van der Waals surface area contributed by atoms with Crippen molar-refractivity contribution < 1.29 is 14.6 Å². The second-order valence-corrected chi connectivity index (χ2v) is 2.66. The maximum atomic E-state index is 10.8. The number of hydrogen-bond donors (Lipinski definition) is 2. The van der Waals surface area contributed by atoms with Crippen molar-refractivity contribution in [2.24, 2.45) is 5.73 Å². The molecular formula is C8H17NO3. The molecule has 12 heavy (non-hydrogen) atoms. The van der Waals surface area contributed by atoms with E-state index in [9.17, 15) is 4.79 Å². The third-order valence-electron chi connectivity index (χ3n) is 1.49. The van der Waals surface area contributed by atoms with Crippen LogP contribution in [0.5, 0.6) is 0 Å². The van der Waals surface area contributed by atoms with Gasteiger partial charge in [-0.2, -0.15) is 0 Å². The van der Waals surface area contributed by atoms with E-state index in [1.165, 1.54) is 0 Å². The highest BCUT2D eigenvalue weighted by molar-refractivity contribution is 5.75. The van der Waals surface area contributed by atoms with E-state index in [0.29, 0.717) is 6.61 Å². The van der Waals surface area contributed by atoms with Crippen LogP contribution in [0.4, 0.5) is 0 Å². The number of hydrogen-bond acceptors (Lipinski definition) is 4. The highest BCUT2D eigenvalue weighted by Crippen LogP contribution is 1.95. The van der Waals surface area contributed by atoms with Crippen molar-refractivity contribution in [1.82, 2.24) is 0 Å². The average Bonchev–Trinajstić information content (AvgIpc) is 2.10. The van der Waals surface area contributed by atoms with Gasteiger partial charge in [-0.05, 0) is 6.42 Å². The number of nitrogens with two attached hydrogens (primary N) is 1. The van der Waals surface area contributed by atoms with Crippen molar-refractivity contribution in [2.45, 2.75) is 32.2 Å². The lowest BCUT2D eigenvalue weighted by molar-refractivity contribution is -0.146. The molecule has 0 amide bonds. The molecule has 0 aliphatic heterocycles. The second-order valence-electron chi connectivity index (χ2n) is 2.66. The van der Waals surface area contributed by atoms with Crippen LogP contribution in [0.15, 0.2) is 0 Å². The van der Waals surface area contributed by atoms with Gasteiger partial charge in [-0.1, -0.05) is 19.8 Å². The molecule has 0 rings (SSSR count). The number of rotatable bonds is 6. The number of unbranched alkanes of at least 4 members (excludes halogenated alkanes) is 2. The van der Waals surface area contributed by atoms with E-state index >= 15 is 0 Å². The van der Waals surface area contributed by atoms with Crippen molar-refractivity contribution in [1.29, 1.82) is 0 Å². The summed E-state index contributed by atoms with van der Waals surface area (Å²) in [5.74, 6) is -0.520. The number of aliphatic hydroxyl groups is 1. The van der Waals surface area contributed by atoms with Gasteiger partial charge in [0.05, 0.1) is 13.2 Å². The minimum absolute atomic E-state index is 0.355. The Kier molecular flexibility index (Phi) is 6.70. The van der Waals surface area contributed by atoms with Gasteiger partial charge in [-0.15, -0.1) is 0 Å². The van der Waals surface area contributed by atoms with Gasteiger partial charge in [0.1, 0.15) is 6.04 Å². The molecule has 0 fully saturated rings. The molecule has 0 bridgehead atoms. The molecule has 0 radical (unpaired) electrons. The Bertz CT molecular complexity index is 127. The Morgan fingerprint density at radius 1 is 1.58 bits per heavy atom. The van der Waals surface area contributed by atoms with Gasteiger partial charge >= 0.3 is 5.97 Å². The van der Waals surface area contributed by atoms with E-state index in [2.05, 4.69) is 6.92 Å². The summed E-state index contributed by atoms with van der Waals surface area (Å²) in [6, 6.07) is -0.883. The highest BCUT2D eigenvalue weighted by Gasteiger charge is 2.12. The number of ether oxygens (including phenoxy) is 1. The van der Waals surface area contributed by atoms with Crippen LogP contribution in [0.3, 0.4) is 0 Å². The molecule has 4 nitrogen and oxygen atoms in total. The summed E-state index contributed by atoms with van der Waals surface area (Å²) in [4.78, 5) is 10.8. The van der Waals surface area contributed by atoms with Crippen LogP contribution in [0, 0.1) is 0 Å². The molecule has 0 aliphatic carbocycles. The molecule has 4 heteroatoms. The zero-order valence-corrected chi connectivity index (χ0v) is 7.45. The topological polar surface area (TPSA) is 72.5 Å². The fourth-order valence-electron chi connectivity index (χ4n) is 0.706. The van der Waals surface area contributed by atoms with Crippen LogP contribution in [0.1, 0.15) is 26.2 Å². The SMILES string of the molecule is CCCCCOC(=O)[C@@H](N)CO. The Hall–Kier alpha value is -0.610. The first kappa shape index (κ1) is 11.4. The molecular weight excluding hydrogens is 158 g/mol. The van der Waals surface area contributed by atoms with E-state index in [0.717, 1.165) is 19.3 Å². The highest BCUT2D eigenvalue weighted by atomic mass is 16.5. The zero-order valence-electron chi connectivity index (χ0n) is 7.45. The van der Waals surface area contributed by atoms with E-state index in [1.807, 2.05) is 0 Å². The lowest BCUT2D eigenvalue weighted by Gasteiger charge is -2.07. The summed E-state index contributed by atoms with van der Waals surface area (Å²) in [5.41, 5.74) is 5.21. The minimum atomic E-state index is -0.883. The van der Waals surface area contributed by atoms with E-state index < -0.39 is 12.0 Å². The molecule has 0 heterocycles. The normalized spacial score (nSPS) is 12.6. The number of carbonyl (C=O) groups is 1. The lowest BCUT2D eigenvalue weighted by atomic mass is 10.3. The van der Waals surface area contributed by atoms with Gasteiger partial charge in [0, 0.05) is 0 Å². The minimum Gasteiger partial charge on any atom is -0.464 e. The van der Waals surface area contributed by atoms with Crippen LogP contribution in [-0.2, 0) is 9.53 Å². The molecule has 1 atom stereocenters. The van der Waals surface area contributed by atoms with E-state index in [4.69, 9.17) is 15.6 Å². The largest absolute Gasteiger partial charge is 0.464 e. The Balaban J connectivity index is 3.31. The maximum Gasteiger partial charge on any atom is 0.325 e. The summed E-state index contributed by atoms with van der Waals surface area (Å²) < 4.78 is 4.77. The molecule has 3 N–H and O–H groups in total. The number of carbonyl (C=O) groups excluding carboxylic acids is 1. The lowest BCUT2D eigenvalue weighted by Crippen LogP contribution is -2.35. The van der Waals surface area contributed by atoms with E-state index in [-0.39, 0.29) is 6.61 Å². The summed E-state index contributed by atoms with van der Waals surface area (Å²) in [7, 11) is 0. The monoisotopic (exact) mass is 175 g/mol. The van der Waals surface area contributed by atoms with Crippen LogP contribution in [0.25, 0.3) is 0 Å². The molecule has 0 spiro atoms. The van der Waals surface area contributed by atoms with Crippen molar-refractivity contribution in [3.63, 3.8) is 0 Å². The van der Waals surface area contributed by atoms with Crippen LogP contribution in [-0.4, -0.2) is 30.3 Å². The first-order valence-corrected chi connectivity index (χ1v) is 4.25. The van der Waals surface area contributed by atoms with Gasteiger partial charge in [0.2, 0.25) is 0 Å². The first-order valence-electron chi connectivity index (χ1n) is 4.25. The van der Waals surface area contributed by atoms with E-state index in [1.54, 1.807) is 0 Å². The second kappa shape index (κ2) is 7.06. The molecule has 0 aromatic heterocycles. The summed E-state index contributed by atoms with van der Waals surface area (Å²) in [6.45, 7) is 2.12. The molecule has 0 aromatic rings. The number of aliphatic hydroxyl groups excluding tert-OH is 1. The van der Waals surface area contributed by atoms with Crippen LogP contribution in [0.2, 0.25) is 0 Å². The van der Waals surface area contributed by atoms with Crippen molar-refractivity contribution in [2.75, 3.05) is 13.2 Å². The molecule has 0 saturated heterocycles.